The molecule has 11 nitrogen and oxygen atoms in total. The number of fused-ring (bicyclic) bond motifs is 1. The first-order valence-electron chi connectivity index (χ1n) is 16.4. The fourth-order valence-electron chi connectivity index (χ4n) is 6.06. The van der Waals surface area contributed by atoms with Crippen molar-refractivity contribution in [3.05, 3.63) is 76.9 Å². The van der Waals surface area contributed by atoms with E-state index in [-0.39, 0.29) is 29.4 Å². The number of aliphatic hydroxyl groups is 1. The molecule has 0 aliphatic carbocycles. The molecular formula is C35H46F3N5O6. The molecule has 14 heteroatoms. The summed E-state index contributed by atoms with van der Waals surface area (Å²) < 4.78 is 41.3. The summed E-state index contributed by atoms with van der Waals surface area (Å²) in [6.45, 7) is 6.40. The lowest BCUT2D eigenvalue weighted by Crippen LogP contribution is -2.33. The van der Waals surface area contributed by atoms with Crippen molar-refractivity contribution in [2.24, 2.45) is 0 Å². The van der Waals surface area contributed by atoms with E-state index in [1.165, 1.54) is 31.5 Å². The zero-order valence-corrected chi connectivity index (χ0v) is 27.9. The lowest BCUT2D eigenvalue weighted by atomic mass is 9.91. The summed E-state index contributed by atoms with van der Waals surface area (Å²) in [5, 5.41) is 22.3. The number of carbonyl (C=O) groups excluding carboxylic acids is 3. The number of alkyl halides is 2. The Balaban J connectivity index is 0.000000223. The number of aromatic nitrogens is 2. The SMILES string of the molecule is CCCC(C)N1Cc2cc(O)ccc2C1=O.Fc1ccc(-n2cc(CN3CCCC3)cn2)cc1C1CCOCC1.O=CNC=O.OC(F)F. The first-order valence-corrected chi connectivity index (χ1v) is 16.4. The third-order valence-corrected chi connectivity index (χ3v) is 8.44. The Labute approximate surface area is 284 Å². The van der Waals surface area contributed by atoms with Gasteiger partial charge in [0, 0.05) is 49.7 Å². The van der Waals surface area contributed by atoms with Crippen molar-refractivity contribution in [2.75, 3.05) is 26.3 Å². The largest absolute Gasteiger partial charge is 0.508 e. The molecule has 1 unspecified atom stereocenters. The first-order chi connectivity index (χ1) is 23.6. The van der Waals surface area contributed by atoms with Crippen LogP contribution in [-0.2, 0) is 27.4 Å². The smallest absolute Gasteiger partial charge is 0.342 e. The van der Waals surface area contributed by atoms with E-state index in [1.807, 2.05) is 27.9 Å². The predicted octanol–water partition coefficient (Wildman–Crippen LogP) is 5.13. The average Bonchev–Trinajstić information content (AvgIpc) is 3.84. The summed E-state index contributed by atoms with van der Waals surface area (Å²) in [7, 11) is 0. The maximum absolute atomic E-state index is 14.3. The van der Waals surface area contributed by atoms with Crippen molar-refractivity contribution in [3.8, 4) is 11.4 Å². The number of nitrogens with one attached hydrogen (secondary N) is 1. The number of phenolic OH excluding ortho intramolecular Hbond substituents is 1. The highest BCUT2D eigenvalue weighted by molar-refractivity contribution is 5.98. The minimum Gasteiger partial charge on any atom is -0.508 e. The molecule has 2 saturated heterocycles. The molecule has 3 amide bonds. The van der Waals surface area contributed by atoms with Crippen LogP contribution in [-0.4, -0.2) is 87.5 Å². The third-order valence-electron chi connectivity index (χ3n) is 8.44. The van der Waals surface area contributed by atoms with Crippen molar-refractivity contribution < 1.29 is 42.5 Å². The molecule has 1 atom stereocenters. The quantitative estimate of drug-likeness (QED) is 0.263. The molecule has 268 valence electrons. The number of hydrogen-bond donors (Lipinski definition) is 3. The van der Waals surface area contributed by atoms with Crippen molar-refractivity contribution in [3.63, 3.8) is 0 Å². The van der Waals surface area contributed by atoms with Gasteiger partial charge in [-0.2, -0.15) is 13.9 Å². The van der Waals surface area contributed by atoms with Gasteiger partial charge in [-0.25, -0.2) is 9.07 Å². The molecule has 49 heavy (non-hydrogen) atoms. The predicted molar refractivity (Wildman–Crippen MR) is 177 cm³/mol. The van der Waals surface area contributed by atoms with Gasteiger partial charge in [0.1, 0.15) is 11.6 Å². The van der Waals surface area contributed by atoms with Crippen LogP contribution >= 0.6 is 0 Å². The van der Waals surface area contributed by atoms with Crippen LogP contribution in [0.15, 0.2) is 48.8 Å². The molecule has 0 saturated carbocycles. The normalized spacial score (nSPS) is 16.4. The second-order valence-corrected chi connectivity index (χ2v) is 12.0. The Morgan fingerprint density at radius 2 is 1.76 bits per heavy atom. The van der Waals surface area contributed by atoms with Crippen molar-refractivity contribution in [2.45, 2.75) is 84.0 Å². The van der Waals surface area contributed by atoms with Crippen LogP contribution in [0.5, 0.6) is 5.75 Å². The summed E-state index contributed by atoms with van der Waals surface area (Å²) in [4.78, 5) is 34.5. The van der Waals surface area contributed by atoms with Crippen LogP contribution in [0.4, 0.5) is 13.2 Å². The standard InChI is InChI=1S/C19H24FN3O.C13H17NO2.C2H3NO2.CH2F2O/c20-19-4-3-17(11-18(19)16-5-9-24-10-6-16)23-14-15(12-21-23)13-22-7-1-2-8-22;1-3-4-9(2)14-8-10-7-11(15)5-6-12(10)13(14)16;4-1-3-2-5;2-1(3)4/h3-4,11-12,14,16H,1-2,5-10,13H2;5-7,9,15H,3-4,8H2,1-2H3;1-2H,(H,3,4,5);1,4H. The molecule has 3 aromatic rings. The number of benzene rings is 2. The van der Waals surface area contributed by atoms with Crippen molar-refractivity contribution in [1.82, 2.24) is 24.9 Å². The number of rotatable bonds is 9. The van der Waals surface area contributed by atoms with E-state index in [1.54, 1.807) is 29.6 Å². The van der Waals surface area contributed by atoms with Crippen LogP contribution in [0.25, 0.3) is 5.69 Å². The lowest BCUT2D eigenvalue weighted by molar-refractivity contribution is -0.117. The Bertz CT molecular complexity index is 1470. The van der Waals surface area contributed by atoms with E-state index >= 15 is 0 Å². The van der Waals surface area contributed by atoms with Gasteiger partial charge in [-0.1, -0.05) is 13.3 Å². The highest BCUT2D eigenvalue weighted by atomic mass is 19.3. The van der Waals surface area contributed by atoms with Crippen LogP contribution in [0.2, 0.25) is 0 Å². The van der Waals surface area contributed by atoms with E-state index in [0.29, 0.717) is 19.4 Å². The number of carbonyl (C=O) groups is 3. The van der Waals surface area contributed by atoms with Crippen LogP contribution < -0.4 is 5.32 Å². The summed E-state index contributed by atoms with van der Waals surface area (Å²) in [5.41, 5.74) is 4.63. The number of likely N-dealkylation sites (tertiary alicyclic amines) is 1. The molecular weight excluding hydrogens is 643 g/mol. The molecule has 3 aliphatic heterocycles. The van der Waals surface area contributed by atoms with E-state index in [2.05, 4.69) is 30.0 Å². The zero-order chi connectivity index (χ0) is 35.8. The molecule has 2 aromatic carbocycles. The Morgan fingerprint density at radius 3 is 2.37 bits per heavy atom. The molecule has 1 aromatic heterocycles. The van der Waals surface area contributed by atoms with Gasteiger partial charge in [0.05, 0.1) is 11.9 Å². The highest BCUT2D eigenvalue weighted by Gasteiger charge is 2.30. The highest BCUT2D eigenvalue weighted by Crippen LogP contribution is 2.31. The second kappa shape index (κ2) is 20.3. The zero-order valence-electron chi connectivity index (χ0n) is 27.9. The minimum absolute atomic E-state index is 0.0935. The van der Waals surface area contributed by atoms with Crippen molar-refractivity contribution in [1.29, 1.82) is 0 Å². The van der Waals surface area contributed by atoms with Gasteiger partial charge in [-0.15, -0.1) is 0 Å². The van der Waals surface area contributed by atoms with Crippen molar-refractivity contribution >= 4 is 18.7 Å². The van der Waals surface area contributed by atoms with E-state index < -0.39 is 6.61 Å². The van der Waals surface area contributed by atoms with Gasteiger partial charge in [-0.3, -0.25) is 19.3 Å². The summed E-state index contributed by atoms with van der Waals surface area (Å²) in [6.07, 6.45) is 11.1. The summed E-state index contributed by atoms with van der Waals surface area (Å²) in [6, 6.07) is 10.6. The number of ether oxygens (including phenoxy) is 1. The van der Waals surface area contributed by atoms with E-state index in [4.69, 9.17) is 19.4 Å². The van der Waals surface area contributed by atoms with E-state index in [0.717, 1.165) is 67.8 Å². The summed E-state index contributed by atoms with van der Waals surface area (Å²) >= 11 is 0. The fourth-order valence-corrected chi connectivity index (χ4v) is 6.06. The van der Waals surface area contributed by atoms with Gasteiger partial charge in [0.2, 0.25) is 12.8 Å². The van der Waals surface area contributed by atoms with Crippen LogP contribution in [0, 0.1) is 5.82 Å². The topological polar surface area (TPSA) is 137 Å². The maximum atomic E-state index is 14.3. The molecule has 2 fully saturated rings. The number of nitrogens with zero attached hydrogens (tertiary/aromatic N) is 4. The van der Waals surface area contributed by atoms with Gasteiger partial charge < -0.3 is 25.2 Å². The Kier molecular flexibility index (Phi) is 16.2. The number of aliphatic hydroxyl groups excluding tert-OH is 1. The molecule has 3 N–H and O–H groups in total. The third kappa shape index (κ3) is 12.3. The van der Waals surface area contributed by atoms with Gasteiger partial charge in [0.25, 0.3) is 5.91 Å². The van der Waals surface area contributed by atoms with Gasteiger partial charge in [0.15, 0.2) is 0 Å². The number of phenols is 1. The first kappa shape index (κ1) is 39.2. The van der Waals surface area contributed by atoms with E-state index in [9.17, 15) is 23.1 Å². The summed E-state index contributed by atoms with van der Waals surface area (Å²) in [5.74, 6) is 0.459. The van der Waals surface area contributed by atoms with Gasteiger partial charge in [-0.05, 0) is 106 Å². The molecule has 0 spiro atoms. The lowest BCUT2D eigenvalue weighted by Gasteiger charge is -2.23. The molecule has 3 aliphatic rings. The molecule has 0 bridgehead atoms. The Morgan fingerprint density at radius 1 is 1.08 bits per heavy atom. The Hall–Kier alpha value is -4.27. The number of amides is 3. The molecule has 0 radical (unpaired) electrons. The fraction of sp³-hybridized carbons (Fsp3) is 0.486. The second-order valence-electron chi connectivity index (χ2n) is 12.0. The number of aromatic hydroxyl groups is 1. The van der Waals surface area contributed by atoms with Gasteiger partial charge >= 0.3 is 6.61 Å². The van der Waals surface area contributed by atoms with Crippen LogP contribution in [0.3, 0.4) is 0 Å². The molecule has 4 heterocycles. The average molecular weight is 690 g/mol. The number of hydrogen-bond acceptors (Lipinski definition) is 8. The maximum Gasteiger partial charge on any atom is 0.342 e. The monoisotopic (exact) mass is 689 g/mol. The number of imide groups is 1. The molecule has 6 rings (SSSR count). The van der Waals surface area contributed by atoms with Crippen LogP contribution in [0.1, 0.15) is 85.3 Å². The minimum atomic E-state index is -3.17. The number of halogens is 3.